The molecule has 1 saturated heterocycles. The molecule has 1 aromatic carbocycles. The van der Waals surface area contributed by atoms with Crippen LogP contribution in [0.3, 0.4) is 0 Å². The van der Waals surface area contributed by atoms with Gasteiger partial charge < -0.3 is 30.2 Å². The molecule has 226 valence electrons. The molecule has 0 aliphatic carbocycles. The Morgan fingerprint density at radius 2 is 2.00 bits per heavy atom. The third-order valence-electron chi connectivity index (χ3n) is 6.40. The summed E-state index contributed by atoms with van der Waals surface area (Å²) in [6.07, 6.45) is 3.98. The molecule has 42 heavy (non-hydrogen) atoms. The summed E-state index contributed by atoms with van der Waals surface area (Å²) in [6, 6.07) is 4.55. The zero-order chi connectivity index (χ0) is 30.4. The molecule has 2 unspecified atom stereocenters. The molecule has 1 aliphatic rings. The smallest absolute Gasteiger partial charge is 0.407 e. The van der Waals surface area contributed by atoms with Crippen molar-refractivity contribution in [2.75, 3.05) is 25.6 Å². The maximum Gasteiger partial charge on any atom is 0.407 e. The van der Waals surface area contributed by atoms with Crippen LogP contribution in [0.4, 0.5) is 9.93 Å². The van der Waals surface area contributed by atoms with Crippen molar-refractivity contribution in [3.63, 3.8) is 0 Å². The number of hydrogen-bond donors (Lipinski definition) is 3. The fourth-order valence-electron chi connectivity index (χ4n) is 4.49. The lowest BCUT2D eigenvalue weighted by atomic mass is 10.1. The molecule has 0 saturated carbocycles. The van der Waals surface area contributed by atoms with E-state index >= 15 is 0 Å². The van der Waals surface area contributed by atoms with E-state index in [0.29, 0.717) is 12.3 Å². The normalized spacial score (nSPS) is 16.0. The molecule has 0 bridgehead atoms. The van der Waals surface area contributed by atoms with Gasteiger partial charge in [-0.1, -0.05) is 23.5 Å². The summed E-state index contributed by atoms with van der Waals surface area (Å²) in [4.78, 5) is 54.8. The van der Waals surface area contributed by atoms with E-state index in [0.717, 1.165) is 47.1 Å². The van der Waals surface area contributed by atoms with E-state index in [1.807, 2.05) is 22.9 Å². The van der Waals surface area contributed by atoms with Gasteiger partial charge in [0, 0.05) is 12.0 Å². The third kappa shape index (κ3) is 7.82. The average Bonchev–Trinajstić information content (AvgIpc) is 3.53. The van der Waals surface area contributed by atoms with Crippen LogP contribution in [0, 0.1) is 6.92 Å². The van der Waals surface area contributed by atoms with Gasteiger partial charge in [-0.2, -0.15) is 5.10 Å². The minimum atomic E-state index is -1.17. The number of nitrogens with zero attached hydrogens (tertiary/aromatic N) is 3. The first kappa shape index (κ1) is 30.9. The Morgan fingerprint density at radius 3 is 2.69 bits per heavy atom. The Hall–Kier alpha value is -4.04. The third-order valence-corrected chi connectivity index (χ3v) is 7.47. The van der Waals surface area contributed by atoms with Crippen LogP contribution >= 0.6 is 11.3 Å². The number of esters is 1. The SMILES string of the molecule is COC(=O)C(CNC(=O)OC(C)(C)C)NC(=O)c1sc(NC(=O)Cc2cccc3c2cnn3C2CCCCO2)nc1C. The minimum Gasteiger partial charge on any atom is -0.467 e. The number of rotatable bonds is 9. The summed E-state index contributed by atoms with van der Waals surface area (Å²) in [7, 11) is 1.18. The largest absolute Gasteiger partial charge is 0.467 e. The first-order chi connectivity index (χ1) is 19.9. The molecule has 3 amide bonds. The van der Waals surface area contributed by atoms with Gasteiger partial charge in [0.25, 0.3) is 5.91 Å². The van der Waals surface area contributed by atoms with Crippen molar-refractivity contribution in [1.82, 2.24) is 25.4 Å². The molecule has 3 N–H and O–H groups in total. The number of aryl methyl sites for hydroxylation is 1. The van der Waals surface area contributed by atoms with E-state index in [2.05, 4.69) is 26.0 Å². The van der Waals surface area contributed by atoms with Crippen LogP contribution in [-0.2, 0) is 30.2 Å². The van der Waals surface area contributed by atoms with Gasteiger partial charge in [0.2, 0.25) is 5.91 Å². The van der Waals surface area contributed by atoms with Crippen molar-refractivity contribution >= 4 is 51.2 Å². The quantitative estimate of drug-likeness (QED) is 0.312. The van der Waals surface area contributed by atoms with E-state index in [9.17, 15) is 19.2 Å². The van der Waals surface area contributed by atoms with E-state index in [4.69, 9.17) is 14.2 Å². The van der Waals surface area contributed by atoms with Crippen LogP contribution < -0.4 is 16.0 Å². The molecule has 3 heterocycles. The predicted molar refractivity (Wildman–Crippen MR) is 155 cm³/mol. The predicted octanol–water partition coefficient (Wildman–Crippen LogP) is 3.48. The topological polar surface area (TPSA) is 163 Å². The van der Waals surface area contributed by atoms with Gasteiger partial charge in [0.15, 0.2) is 11.4 Å². The molecule has 14 heteroatoms. The zero-order valence-electron chi connectivity index (χ0n) is 24.3. The summed E-state index contributed by atoms with van der Waals surface area (Å²) in [6.45, 7) is 7.19. The highest BCUT2D eigenvalue weighted by atomic mass is 32.1. The van der Waals surface area contributed by atoms with Gasteiger partial charge in [-0.3, -0.25) is 9.59 Å². The fourth-order valence-corrected chi connectivity index (χ4v) is 5.37. The number of methoxy groups -OCH3 is 1. The number of amides is 3. The highest BCUT2D eigenvalue weighted by Crippen LogP contribution is 2.28. The summed E-state index contributed by atoms with van der Waals surface area (Å²) in [5.41, 5.74) is 1.34. The number of anilines is 1. The fraction of sp³-hybridized carbons (Fsp3) is 0.500. The van der Waals surface area contributed by atoms with Gasteiger partial charge in [-0.05, 0) is 58.6 Å². The Bertz CT molecular complexity index is 1450. The van der Waals surface area contributed by atoms with Crippen molar-refractivity contribution in [3.05, 3.63) is 40.5 Å². The second-order valence-electron chi connectivity index (χ2n) is 10.9. The summed E-state index contributed by atoms with van der Waals surface area (Å²) < 4.78 is 17.7. The van der Waals surface area contributed by atoms with Crippen LogP contribution in [0.5, 0.6) is 0 Å². The lowest BCUT2D eigenvalue weighted by Crippen LogP contribution is -2.49. The van der Waals surface area contributed by atoms with Crippen LogP contribution in [0.2, 0.25) is 0 Å². The van der Waals surface area contributed by atoms with Gasteiger partial charge in [0.1, 0.15) is 16.5 Å². The molecule has 2 atom stereocenters. The van der Waals surface area contributed by atoms with E-state index in [-0.39, 0.29) is 35.1 Å². The molecule has 13 nitrogen and oxygen atoms in total. The molecule has 1 aliphatic heterocycles. The van der Waals surface area contributed by atoms with E-state index < -0.39 is 29.6 Å². The molecule has 4 rings (SSSR count). The van der Waals surface area contributed by atoms with Crippen LogP contribution in [-0.4, -0.2) is 70.5 Å². The number of nitrogens with one attached hydrogen (secondary N) is 3. The van der Waals surface area contributed by atoms with E-state index in [1.54, 1.807) is 33.9 Å². The number of hydrogen-bond acceptors (Lipinski definition) is 10. The second-order valence-corrected chi connectivity index (χ2v) is 11.8. The van der Waals surface area contributed by atoms with Crippen LogP contribution in [0.25, 0.3) is 10.9 Å². The van der Waals surface area contributed by atoms with Gasteiger partial charge in [0.05, 0.1) is 37.5 Å². The lowest BCUT2D eigenvalue weighted by molar-refractivity contribution is -0.142. The maximum absolute atomic E-state index is 13.0. The highest BCUT2D eigenvalue weighted by Gasteiger charge is 2.27. The number of fused-ring (bicyclic) bond motifs is 1. The lowest BCUT2D eigenvalue weighted by Gasteiger charge is -2.23. The van der Waals surface area contributed by atoms with Crippen molar-refractivity contribution < 1.29 is 33.4 Å². The number of aromatic nitrogens is 3. The number of ether oxygens (including phenoxy) is 3. The average molecular weight is 601 g/mol. The molecule has 0 spiro atoms. The summed E-state index contributed by atoms with van der Waals surface area (Å²) >= 11 is 0.974. The zero-order valence-corrected chi connectivity index (χ0v) is 25.1. The summed E-state index contributed by atoms with van der Waals surface area (Å²) in [5, 5.41) is 13.4. The van der Waals surface area contributed by atoms with Crippen molar-refractivity contribution in [3.8, 4) is 0 Å². The second kappa shape index (κ2) is 13.3. The standard InChI is InChI=1S/C28H36N6O7S/c1-16-23(24(36)32-19(25(37)39-5)15-29-27(38)41-28(2,3)4)42-26(31-16)33-21(35)13-17-9-8-10-20-18(17)14-30-34(20)22-11-6-7-12-40-22/h8-10,14,19,22H,6-7,11-13,15H2,1-5H3,(H,29,38)(H,32,36)(H,31,33,35). The first-order valence-electron chi connectivity index (χ1n) is 13.6. The van der Waals surface area contributed by atoms with Crippen molar-refractivity contribution in [1.29, 1.82) is 0 Å². The van der Waals surface area contributed by atoms with Gasteiger partial charge in [-0.15, -0.1) is 0 Å². The number of alkyl carbamates (subject to hydrolysis) is 1. The van der Waals surface area contributed by atoms with Gasteiger partial charge >= 0.3 is 12.1 Å². The van der Waals surface area contributed by atoms with E-state index in [1.165, 1.54) is 7.11 Å². The Morgan fingerprint density at radius 1 is 1.21 bits per heavy atom. The molecule has 0 radical (unpaired) electrons. The first-order valence-corrected chi connectivity index (χ1v) is 14.5. The number of thiazole rings is 1. The van der Waals surface area contributed by atoms with Crippen LogP contribution in [0.1, 0.15) is 67.2 Å². The molecule has 3 aromatic rings. The number of carbonyl (C=O) groups excluding carboxylic acids is 4. The number of benzene rings is 1. The van der Waals surface area contributed by atoms with Gasteiger partial charge in [-0.25, -0.2) is 19.3 Å². The number of carbonyl (C=O) groups is 4. The Balaban J connectivity index is 1.39. The summed E-state index contributed by atoms with van der Waals surface area (Å²) in [5.74, 6) is -1.66. The molecule has 1 fully saturated rings. The molecular weight excluding hydrogens is 564 g/mol. The highest BCUT2D eigenvalue weighted by molar-refractivity contribution is 7.17. The Labute approximate surface area is 247 Å². The maximum atomic E-state index is 13.0. The monoisotopic (exact) mass is 600 g/mol. The minimum absolute atomic E-state index is 0.0788. The van der Waals surface area contributed by atoms with Crippen LogP contribution in [0.15, 0.2) is 24.4 Å². The Kier molecular flexibility index (Phi) is 9.78. The molecule has 2 aromatic heterocycles. The van der Waals surface area contributed by atoms with Crippen molar-refractivity contribution in [2.24, 2.45) is 0 Å². The molecular formula is C28H36N6O7S. The van der Waals surface area contributed by atoms with Crippen molar-refractivity contribution in [2.45, 2.75) is 71.2 Å².